The lowest BCUT2D eigenvalue weighted by molar-refractivity contribution is -0.145. The molecule has 0 spiro atoms. The molecule has 0 aliphatic carbocycles. The summed E-state index contributed by atoms with van der Waals surface area (Å²) in [6, 6.07) is 3.33. The normalized spacial score (nSPS) is 27.0. The maximum absolute atomic E-state index is 13.5. The lowest BCUT2D eigenvalue weighted by Gasteiger charge is -2.28. The molecule has 0 bridgehead atoms. The molecule has 3 heterocycles. The lowest BCUT2D eigenvalue weighted by atomic mass is 9.82. The Morgan fingerprint density at radius 2 is 2.32 bits per heavy atom. The summed E-state index contributed by atoms with van der Waals surface area (Å²) < 4.78 is 26.9. The first kappa shape index (κ1) is 14.6. The van der Waals surface area contributed by atoms with Crippen molar-refractivity contribution in [1.82, 2.24) is 9.88 Å². The predicted octanol–water partition coefficient (Wildman–Crippen LogP) is 3.18. The molecule has 1 aromatic rings. The van der Waals surface area contributed by atoms with Crippen LogP contribution in [0.4, 0.5) is 8.78 Å². The van der Waals surface area contributed by atoms with Crippen molar-refractivity contribution in [3.8, 4) is 6.07 Å². The van der Waals surface area contributed by atoms with Crippen LogP contribution in [0.5, 0.6) is 0 Å². The zero-order valence-corrected chi connectivity index (χ0v) is 12.1. The summed E-state index contributed by atoms with van der Waals surface area (Å²) in [6.45, 7) is 1.62. The second kappa shape index (κ2) is 5.16. The van der Waals surface area contributed by atoms with Gasteiger partial charge in [0.1, 0.15) is 11.5 Å². The fraction of sp³-hybridized carbons (Fsp3) is 0.438. The molecule has 0 aromatic carbocycles. The van der Waals surface area contributed by atoms with Gasteiger partial charge in [-0.1, -0.05) is 13.0 Å². The van der Waals surface area contributed by atoms with Gasteiger partial charge in [-0.25, -0.2) is 8.78 Å². The Bertz CT molecular complexity index is 695. The van der Waals surface area contributed by atoms with Crippen molar-refractivity contribution in [3.63, 3.8) is 0 Å². The number of alkyl halides is 2. The molecule has 2 aliphatic rings. The summed E-state index contributed by atoms with van der Waals surface area (Å²) in [5, 5.41) is 8.96. The second-order valence-corrected chi connectivity index (χ2v) is 5.73. The summed E-state index contributed by atoms with van der Waals surface area (Å²) in [7, 11) is 0. The summed E-state index contributed by atoms with van der Waals surface area (Å²) in [4.78, 5) is 18.1. The minimum absolute atomic E-state index is 0.0852. The number of allylic oxidation sites excluding steroid dienone is 1. The Labute approximate surface area is 127 Å². The largest absolute Gasteiger partial charge is 0.308 e. The Hall–Kier alpha value is -2.29. The maximum Gasteiger partial charge on any atom is 0.253 e. The third-order valence-corrected chi connectivity index (χ3v) is 4.66. The Balaban J connectivity index is 1.97. The van der Waals surface area contributed by atoms with Crippen LogP contribution in [0.3, 0.4) is 0 Å². The van der Waals surface area contributed by atoms with E-state index in [1.54, 1.807) is 19.2 Å². The number of amides is 1. The van der Waals surface area contributed by atoms with Crippen LogP contribution < -0.4 is 0 Å². The van der Waals surface area contributed by atoms with Gasteiger partial charge in [0.15, 0.2) is 0 Å². The molecule has 1 amide bonds. The van der Waals surface area contributed by atoms with Crippen molar-refractivity contribution in [2.45, 2.75) is 38.7 Å². The molecular weight excluding hydrogens is 288 g/mol. The van der Waals surface area contributed by atoms with Crippen LogP contribution in [0.15, 0.2) is 30.2 Å². The summed E-state index contributed by atoms with van der Waals surface area (Å²) >= 11 is 0. The van der Waals surface area contributed by atoms with E-state index in [2.05, 4.69) is 4.98 Å². The van der Waals surface area contributed by atoms with E-state index in [-0.39, 0.29) is 18.9 Å². The number of carbonyl (C=O) groups is 1. The number of hydrogen-bond acceptors (Lipinski definition) is 3. The van der Waals surface area contributed by atoms with Crippen LogP contribution in [0.25, 0.3) is 0 Å². The summed E-state index contributed by atoms with van der Waals surface area (Å²) in [5.41, 5.74) is 0.164. The van der Waals surface area contributed by atoms with Gasteiger partial charge in [0.2, 0.25) is 5.91 Å². The number of rotatable bonds is 3. The first-order chi connectivity index (χ1) is 10.5. The van der Waals surface area contributed by atoms with Crippen LogP contribution in [0.2, 0.25) is 0 Å². The van der Waals surface area contributed by atoms with Crippen LogP contribution in [0, 0.1) is 16.7 Å². The third-order valence-electron chi connectivity index (χ3n) is 4.66. The lowest BCUT2D eigenvalue weighted by Crippen LogP contribution is -2.39. The highest BCUT2D eigenvalue weighted by Gasteiger charge is 2.57. The zero-order chi connectivity index (χ0) is 15.9. The molecule has 3 rings (SSSR count). The molecule has 1 fully saturated rings. The maximum atomic E-state index is 13.5. The SMILES string of the molecule is CCC1(C(F)F)CC2=CCC(c3cncc(C#N)c3)N2C1=O. The van der Waals surface area contributed by atoms with Gasteiger partial charge >= 0.3 is 0 Å². The molecule has 0 saturated carbocycles. The van der Waals surface area contributed by atoms with Crippen molar-refractivity contribution in [2.24, 2.45) is 5.41 Å². The average molecular weight is 303 g/mol. The van der Waals surface area contributed by atoms with Gasteiger partial charge in [-0.2, -0.15) is 5.26 Å². The fourth-order valence-electron chi connectivity index (χ4n) is 3.31. The van der Waals surface area contributed by atoms with E-state index in [1.807, 2.05) is 12.1 Å². The monoisotopic (exact) mass is 303 g/mol. The molecule has 1 saturated heterocycles. The smallest absolute Gasteiger partial charge is 0.253 e. The fourth-order valence-corrected chi connectivity index (χ4v) is 3.31. The van der Waals surface area contributed by atoms with Crippen LogP contribution in [-0.4, -0.2) is 22.2 Å². The molecule has 114 valence electrons. The van der Waals surface area contributed by atoms with Gasteiger partial charge in [-0.05, 0) is 24.5 Å². The minimum Gasteiger partial charge on any atom is -0.308 e. The average Bonchev–Trinajstić information content (AvgIpc) is 3.06. The molecule has 2 unspecified atom stereocenters. The van der Waals surface area contributed by atoms with Gasteiger partial charge in [0.25, 0.3) is 6.43 Å². The summed E-state index contributed by atoms with van der Waals surface area (Å²) in [5.74, 6) is -0.513. The Morgan fingerprint density at radius 1 is 1.55 bits per heavy atom. The number of fused-ring (bicyclic) bond motifs is 1. The molecule has 0 N–H and O–H groups in total. The van der Waals surface area contributed by atoms with Gasteiger partial charge in [0, 0.05) is 24.5 Å². The number of nitriles is 1. The standard InChI is InChI=1S/C16H15F2N3O/c1-2-16(14(17)18)6-12-3-4-13(21(12)15(16)22)11-5-10(7-19)8-20-9-11/h3,5,8-9,13-14H,2,4,6H2,1H3. The Morgan fingerprint density at radius 3 is 2.95 bits per heavy atom. The number of pyridine rings is 1. The van der Waals surface area contributed by atoms with Gasteiger partial charge < -0.3 is 4.90 Å². The third kappa shape index (κ3) is 1.92. The van der Waals surface area contributed by atoms with E-state index in [0.717, 1.165) is 0 Å². The van der Waals surface area contributed by atoms with Crippen LogP contribution >= 0.6 is 0 Å². The topological polar surface area (TPSA) is 57.0 Å². The number of halogens is 2. The van der Waals surface area contributed by atoms with E-state index in [0.29, 0.717) is 23.2 Å². The van der Waals surface area contributed by atoms with Crippen molar-refractivity contribution in [1.29, 1.82) is 5.26 Å². The van der Waals surface area contributed by atoms with Crippen LogP contribution in [0.1, 0.15) is 43.4 Å². The number of carbonyl (C=O) groups excluding carboxylic acids is 1. The van der Waals surface area contributed by atoms with Crippen LogP contribution in [-0.2, 0) is 4.79 Å². The molecule has 1 aromatic heterocycles. The van der Waals surface area contributed by atoms with E-state index < -0.39 is 17.7 Å². The molecule has 4 nitrogen and oxygen atoms in total. The van der Waals surface area contributed by atoms with Gasteiger partial charge in [-0.3, -0.25) is 9.78 Å². The predicted molar refractivity (Wildman–Crippen MR) is 74.6 cm³/mol. The molecule has 6 heteroatoms. The molecule has 0 radical (unpaired) electrons. The van der Waals surface area contributed by atoms with Crippen molar-refractivity contribution >= 4 is 5.91 Å². The first-order valence-electron chi connectivity index (χ1n) is 7.19. The Kier molecular flexibility index (Phi) is 3.44. The van der Waals surface area contributed by atoms with Crippen molar-refractivity contribution in [2.75, 3.05) is 0 Å². The highest BCUT2D eigenvalue weighted by atomic mass is 19.3. The van der Waals surface area contributed by atoms with E-state index in [1.165, 1.54) is 11.1 Å². The van der Waals surface area contributed by atoms with Gasteiger partial charge in [0.05, 0.1) is 11.6 Å². The molecular formula is C16H15F2N3O. The molecule has 2 aliphatic heterocycles. The van der Waals surface area contributed by atoms with E-state index in [4.69, 9.17) is 5.26 Å². The quantitative estimate of drug-likeness (QED) is 0.861. The molecule has 2 atom stereocenters. The number of nitrogens with zero attached hydrogens (tertiary/aromatic N) is 3. The van der Waals surface area contributed by atoms with E-state index in [9.17, 15) is 13.6 Å². The van der Waals surface area contributed by atoms with Crippen molar-refractivity contribution < 1.29 is 13.6 Å². The highest BCUT2D eigenvalue weighted by Crippen LogP contribution is 2.52. The molecule has 22 heavy (non-hydrogen) atoms. The number of aromatic nitrogens is 1. The number of hydrogen-bond donors (Lipinski definition) is 0. The summed E-state index contributed by atoms with van der Waals surface area (Å²) in [6.07, 6.45) is 2.96. The highest BCUT2D eigenvalue weighted by molar-refractivity contribution is 5.89. The van der Waals surface area contributed by atoms with Gasteiger partial charge in [-0.15, -0.1) is 0 Å². The first-order valence-corrected chi connectivity index (χ1v) is 7.19. The van der Waals surface area contributed by atoms with E-state index >= 15 is 0 Å². The van der Waals surface area contributed by atoms with Crippen molar-refractivity contribution in [3.05, 3.63) is 41.4 Å². The zero-order valence-electron chi connectivity index (χ0n) is 12.1. The second-order valence-electron chi connectivity index (χ2n) is 5.73. The minimum atomic E-state index is -2.68.